The van der Waals surface area contributed by atoms with Crippen molar-refractivity contribution in [2.75, 3.05) is 0 Å². The summed E-state index contributed by atoms with van der Waals surface area (Å²) in [6, 6.07) is 6.78. The number of allylic oxidation sites excluding steroid dienone is 4. The number of hydrogen-bond donors (Lipinski definition) is 0. The number of rotatable bonds is 3. The fourth-order valence-electron chi connectivity index (χ4n) is 3.28. The zero-order chi connectivity index (χ0) is 13.2. The standard InChI is InChI=1S/C18H24/c1-5-15-10-9-12-17(14(15)3)18(4)13-8-7-11-16(18)6-2/h7-13,16H,5-6H2,1-4H3. The molecule has 0 bridgehead atoms. The molecule has 0 nitrogen and oxygen atoms in total. The van der Waals surface area contributed by atoms with Crippen LogP contribution in [0.1, 0.15) is 43.9 Å². The predicted octanol–water partition coefficient (Wildman–Crippen LogP) is 4.97. The minimum absolute atomic E-state index is 0.152. The second kappa shape index (κ2) is 5.14. The highest BCUT2D eigenvalue weighted by atomic mass is 14.4. The van der Waals surface area contributed by atoms with Crippen molar-refractivity contribution < 1.29 is 0 Å². The van der Waals surface area contributed by atoms with Crippen LogP contribution in [-0.4, -0.2) is 0 Å². The number of benzene rings is 1. The minimum Gasteiger partial charge on any atom is -0.0802 e. The zero-order valence-corrected chi connectivity index (χ0v) is 12.0. The van der Waals surface area contributed by atoms with Crippen molar-refractivity contribution in [3.8, 4) is 0 Å². The van der Waals surface area contributed by atoms with Crippen molar-refractivity contribution in [1.29, 1.82) is 0 Å². The average Bonchev–Trinajstić information content (AvgIpc) is 2.39. The Morgan fingerprint density at radius 3 is 2.61 bits per heavy atom. The average molecular weight is 240 g/mol. The van der Waals surface area contributed by atoms with Gasteiger partial charge in [-0.15, -0.1) is 0 Å². The fourth-order valence-corrected chi connectivity index (χ4v) is 3.28. The Hall–Kier alpha value is -1.30. The Morgan fingerprint density at radius 2 is 1.94 bits per heavy atom. The smallest absolute Gasteiger partial charge is 0.0172 e. The molecule has 0 heteroatoms. The molecule has 0 fully saturated rings. The number of hydrogen-bond acceptors (Lipinski definition) is 0. The molecule has 0 heterocycles. The minimum atomic E-state index is 0.152. The fraction of sp³-hybridized carbons (Fsp3) is 0.444. The first-order chi connectivity index (χ1) is 8.63. The third-order valence-electron chi connectivity index (χ3n) is 4.51. The molecule has 1 aliphatic carbocycles. The summed E-state index contributed by atoms with van der Waals surface area (Å²) in [5.74, 6) is 0.605. The zero-order valence-electron chi connectivity index (χ0n) is 12.0. The Kier molecular flexibility index (Phi) is 3.75. The lowest BCUT2D eigenvalue weighted by molar-refractivity contribution is 0.411. The molecule has 0 aromatic heterocycles. The molecular formula is C18H24. The topological polar surface area (TPSA) is 0 Å². The van der Waals surface area contributed by atoms with Crippen LogP contribution in [0.4, 0.5) is 0 Å². The molecule has 2 rings (SSSR count). The van der Waals surface area contributed by atoms with Crippen molar-refractivity contribution in [1.82, 2.24) is 0 Å². The highest BCUT2D eigenvalue weighted by Crippen LogP contribution is 2.40. The third-order valence-corrected chi connectivity index (χ3v) is 4.51. The second-order valence-electron chi connectivity index (χ2n) is 5.48. The van der Waals surface area contributed by atoms with Gasteiger partial charge in [-0.25, -0.2) is 0 Å². The summed E-state index contributed by atoms with van der Waals surface area (Å²) < 4.78 is 0. The lowest BCUT2D eigenvalue weighted by atomic mass is 9.67. The molecule has 1 aromatic carbocycles. The lowest BCUT2D eigenvalue weighted by Gasteiger charge is -2.37. The van der Waals surface area contributed by atoms with E-state index in [9.17, 15) is 0 Å². The molecule has 1 aliphatic rings. The van der Waals surface area contributed by atoms with Gasteiger partial charge in [0, 0.05) is 5.41 Å². The molecule has 2 atom stereocenters. The Balaban J connectivity index is 2.53. The van der Waals surface area contributed by atoms with Crippen molar-refractivity contribution in [2.45, 2.75) is 46.0 Å². The summed E-state index contributed by atoms with van der Waals surface area (Å²) >= 11 is 0. The van der Waals surface area contributed by atoms with Gasteiger partial charge in [-0.1, -0.05) is 63.3 Å². The molecule has 0 amide bonds. The first-order valence-electron chi connectivity index (χ1n) is 7.08. The maximum atomic E-state index is 2.38. The van der Waals surface area contributed by atoms with Gasteiger partial charge in [-0.2, -0.15) is 0 Å². The van der Waals surface area contributed by atoms with Gasteiger partial charge in [0.1, 0.15) is 0 Å². The first kappa shape index (κ1) is 13.1. The van der Waals surface area contributed by atoms with Gasteiger partial charge in [0.05, 0.1) is 0 Å². The first-order valence-corrected chi connectivity index (χ1v) is 7.08. The van der Waals surface area contributed by atoms with E-state index in [-0.39, 0.29) is 5.41 Å². The summed E-state index contributed by atoms with van der Waals surface area (Å²) in [7, 11) is 0. The van der Waals surface area contributed by atoms with Crippen LogP contribution in [0.2, 0.25) is 0 Å². The van der Waals surface area contributed by atoms with E-state index in [0.29, 0.717) is 5.92 Å². The predicted molar refractivity (Wildman–Crippen MR) is 80.0 cm³/mol. The van der Waals surface area contributed by atoms with Gasteiger partial charge < -0.3 is 0 Å². The van der Waals surface area contributed by atoms with Gasteiger partial charge in [0.25, 0.3) is 0 Å². The van der Waals surface area contributed by atoms with Crippen molar-refractivity contribution in [3.63, 3.8) is 0 Å². The molecule has 96 valence electrons. The monoisotopic (exact) mass is 240 g/mol. The summed E-state index contributed by atoms with van der Waals surface area (Å²) in [5.41, 5.74) is 4.60. The number of aryl methyl sites for hydroxylation is 1. The molecule has 0 radical (unpaired) electrons. The van der Waals surface area contributed by atoms with Crippen LogP contribution in [0.25, 0.3) is 0 Å². The Bertz CT molecular complexity index is 479. The summed E-state index contributed by atoms with van der Waals surface area (Å²) in [6.07, 6.45) is 11.4. The van der Waals surface area contributed by atoms with Crippen LogP contribution in [0.15, 0.2) is 42.5 Å². The van der Waals surface area contributed by atoms with Crippen LogP contribution in [0.3, 0.4) is 0 Å². The van der Waals surface area contributed by atoms with Crippen molar-refractivity contribution in [2.24, 2.45) is 5.92 Å². The SMILES string of the molecule is CCc1cccc(C2(C)C=CC=CC2CC)c1C. The van der Waals surface area contributed by atoms with Gasteiger partial charge in [-0.05, 0) is 42.4 Å². The highest BCUT2D eigenvalue weighted by molar-refractivity contribution is 5.44. The van der Waals surface area contributed by atoms with E-state index in [1.54, 1.807) is 0 Å². The maximum absolute atomic E-state index is 2.38. The van der Waals surface area contributed by atoms with Crippen LogP contribution in [0.5, 0.6) is 0 Å². The van der Waals surface area contributed by atoms with Crippen LogP contribution < -0.4 is 0 Å². The van der Waals surface area contributed by atoms with Crippen LogP contribution in [0, 0.1) is 12.8 Å². The van der Waals surface area contributed by atoms with Gasteiger partial charge in [0.2, 0.25) is 0 Å². The lowest BCUT2D eigenvalue weighted by Crippen LogP contribution is -2.31. The van der Waals surface area contributed by atoms with E-state index >= 15 is 0 Å². The normalized spacial score (nSPS) is 26.6. The second-order valence-corrected chi connectivity index (χ2v) is 5.48. The van der Waals surface area contributed by atoms with Crippen molar-refractivity contribution in [3.05, 3.63) is 59.2 Å². The highest BCUT2D eigenvalue weighted by Gasteiger charge is 2.33. The molecule has 0 saturated heterocycles. The molecular weight excluding hydrogens is 216 g/mol. The Labute approximate surface area is 111 Å². The van der Waals surface area contributed by atoms with Crippen LogP contribution >= 0.6 is 0 Å². The summed E-state index contributed by atoms with van der Waals surface area (Å²) in [4.78, 5) is 0. The van der Waals surface area contributed by atoms with E-state index in [2.05, 4.69) is 70.2 Å². The van der Waals surface area contributed by atoms with E-state index in [1.165, 1.54) is 23.1 Å². The molecule has 1 aromatic rings. The molecule has 0 saturated carbocycles. The largest absolute Gasteiger partial charge is 0.0802 e. The van der Waals surface area contributed by atoms with Gasteiger partial charge >= 0.3 is 0 Å². The third kappa shape index (κ3) is 2.05. The molecule has 0 N–H and O–H groups in total. The molecule has 0 aliphatic heterocycles. The van der Waals surface area contributed by atoms with Gasteiger partial charge in [0.15, 0.2) is 0 Å². The summed E-state index contributed by atoms with van der Waals surface area (Å²) in [6.45, 7) is 9.18. The molecule has 18 heavy (non-hydrogen) atoms. The van der Waals surface area contributed by atoms with Crippen LogP contribution in [-0.2, 0) is 11.8 Å². The Morgan fingerprint density at radius 1 is 1.17 bits per heavy atom. The molecule has 0 spiro atoms. The summed E-state index contributed by atoms with van der Waals surface area (Å²) in [5, 5.41) is 0. The maximum Gasteiger partial charge on any atom is 0.0172 e. The van der Waals surface area contributed by atoms with E-state index in [0.717, 1.165) is 6.42 Å². The van der Waals surface area contributed by atoms with E-state index in [1.807, 2.05) is 0 Å². The van der Waals surface area contributed by atoms with E-state index < -0.39 is 0 Å². The quantitative estimate of drug-likeness (QED) is 0.700. The molecule has 2 unspecified atom stereocenters. The van der Waals surface area contributed by atoms with E-state index in [4.69, 9.17) is 0 Å². The van der Waals surface area contributed by atoms with Gasteiger partial charge in [-0.3, -0.25) is 0 Å². The van der Waals surface area contributed by atoms with Crippen molar-refractivity contribution >= 4 is 0 Å².